The van der Waals surface area contributed by atoms with Gasteiger partial charge in [-0.1, -0.05) is 24.6 Å². The van der Waals surface area contributed by atoms with Crippen molar-refractivity contribution in [3.05, 3.63) is 74.8 Å². The molecule has 0 N–H and O–H groups in total. The Morgan fingerprint density at radius 1 is 0.931 bits per heavy atom. The number of ketones is 1. The number of para-hydroxylation sites is 1. The standard InChI is InChI=1S/C20H19N3O4S2/c24-18(19-21-23(20(25)28-19)16-7-3-1-4-8-16)15-9-11-17(12-10-15)29(26,27)22-13-5-2-6-14-22/h1,3-4,7-12H,2,5-6,13-14H2. The van der Waals surface area contributed by atoms with E-state index >= 15 is 0 Å². The van der Waals surface area contributed by atoms with Crippen LogP contribution in [0.25, 0.3) is 5.69 Å². The van der Waals surface area contributed by atoms with E-state index in [-0.39, 0.29) is 20.3 Å². The average molecular weight is 430 g/mol. The van der Waals surface area contributed by atoms with Crippen LogP contribution >= 0.6 is 11.3 Å². The second kappa shape index (κ2) is 8.02. The fourth-order valence-electron chi connectivity index (χ4n) is 3.26. The number of benzene rings is 2. The minimum atomic E-state index is -3.55. The van der Waals surface area contributed by atoms with E-state index < -0.39 is 15.8 Å². The van der Waals surface area contributed by atoms with Crippen LogP contribution in [0.5, 0.6) is 0 Å². The van der Waals surface area contributed by atoms with Gasteiger partial charge in [-0.3, -0.25) is 9.59 Å². The summed E-state index contributed by atoms with van der Waals surface area (Å²) >= 11 is 0.765. The third-order valence-corrected chi connectivity index (χ3v) is 7.53. The molecule has 0 unspecified atom stereocenters. The van der Waals surface area contributed by atoms with Crippen molar-refractivity contribution in [2.24, 2.45) is 0 Å². The molecule has 1 saturated heterocycles. The second-order valence-corrected chi connectivity index (χ2v) is 9.62. The maximum atomic E-state index is 12.7. The largest absolute Gasteiger partial charge is 0.330 e. The van der Waals surface area contributed by atoms with Gasteiger partial charge in [0.2, 0.25) is 15.8 Å². The topological polar surface area (TPSA) is 89.3 Å². The van der Waals surface area contributed by atoms with Gasteiger partial charge in [-0.2, -0.15) is 8.99 Å². The number of piperidine rings is 1. The Bertz CT molecular complexity index is 1180. The number of sulfonamides is 1. The minimum absolute atomic E-state index is 0.0606. The van der Waals surface area contributed by atoms with Crippen LogP contribution in [0.3, 0.4) is 0 Å². The molecule has 1 aliphatic heterocycles. The molecule has 4 rings (SSSR count). The first-order valence-electron chi connectivity index (χ1n) is 9.27. The lowest BCUT2D eigenvalue weighted by Gasteiger charge is -2.25. The number of hydrogen-bond acceptors (Lipinski definition) is 6. The average Bonchev–Trinajstić information content (AvgIpc) is 3.16. The molecular weight excluding hydrogens is 410 g/mol. The van der Waals surface area contributed by atoms with Gasteiger partial charge in [-0.05, 0) is 60.6 Å². The van der Waals surface area contributed by atoms with Gasteiger partial charge in [0.1, 0.15) is 0 Å². The lowest BCUT2D eigenvalue weighted by atomic mass is 10.1. The van der Waals surface area contributed by atoms with Crippen molar-refractivity contribution in [2.45, 2.75) is 24.2 Å². The number of hydrogen-bond donors (Lipinski definition) is 0. The van der Waals surface area contributed by atoms with Gasteiger partial charge >= 0.3 is 4.87 Å². The zero-order valence-electron chi connectivity index (χ0n) is 15.5. The molecule has 9 heteroatoms. The van der Waals surface area contributed by atoms with Crippen LogP contribution in [0.15, 0.2) is 64.3 Å². The normalized spacial score (nSPS) is 15.3. The summed E-state index contributed by atoms with van der Waals surface area (Å²) in [6, 6.07) is 14.7. The van der Waals surface area contributed by atoms with Crippen molar-refractivity contribution in [2.75, 3.05) is 13.1 Å². The van der Waals surface area contributed by atoms with Gasteiger partial charge in [0, 0.05) is 18.7 Å². The van der Waals surface area contributed by atoms with Crippen molar-refractivity contribution >= 4 is 27.1 Å². The Labute approximate surface area is 172 Å². The lowest BCUT2D eigenvalue weighted by Crippen LogP contribution is -2.35. The molecule has 1 fully saturated rings. The number of carbonyl (C=O) groups excluding carboxylic acids is 1. The van der Waals surface area contributed by atoms with Crippen LogP contribution in [-0.2, 0) is 10.0 Å². The molecule has 0 atom stereocenters. The highest BCUT2D eigenvalue weighted by Crippen LogP contribution is 2.21. The zero-order chi connectivity index (χ0) is 20.4. The quantitative estimate of drug-likeness (QED) is 0.582. The fourth-order valence-corrected chi connectivity index (χ4v) is 5.51. The lowest BCUT2D eigenvalue weighted by molar-refractivity contribution is 0.103. The van der Waals surface area contributed by atoms with Crippen LogP contribution in [0.2, 0.25) is 0 Å². The summed E-state index contributed by atoms with van der Waals surface area (Å²) in [5, 5.41) is 4.21. The maximum Gasteiger partial charge on any atom is 0.330 e. The molecule has 7 nitrogen and oxygen atoms in total. The van der Waals surface area contributed by atoms with E-state index in [1.807, 2.05) is 6.07 Å². The molecule has 0 amide bonds. The van der Waals surface area contributed by atoms with Gasteiger partial charge in [0.15, 0.2) is 5.01 Å². The monoisotopic (exact) mass is 429 g/mol. The Kier molecular flexibility index (Phi) is 5.44. The highest BCUT2D eigenvalue weighted by atomic mass is 32.2. The van der Waals surface area contributed by atoms with Crippen molar-refractivity contribution < 1.29 is 13.2 Å². The molecule has 1 aliphatic rings. The van der Waals surface area contributed by atoms with Gasteiger partial charge in [0.25, 0.3) is 0 Å². The van der Waals surface area contributed by atoms with E-state index in [9.17, 15) is 18.0 Å². The molecule has 3 aromatic rings. The smallest absolute Gasteiger partial charge is 0.286 e. The molecular formula is C20H19N3O4S2. The van der Waals surface area contributed by atoms with Crippen molar-refractivity contribution in [3.63, 3.8) is 0 Å². The minimum Gasteiger partial charge on any atom is -0.286 e. The molecule has 0 radical (unpaired) electrons. The van der Waals surface area contributed by atoms with E-state index in [2.05, 4.69) is 5.10 Å². The summed E-state index contributed by atoms with van der Waals surface area (Å²) < 4.78 is 28.1. The van der Waals surface area contributed by atoms with Gasteiger partial charge in [0.05, 0.1) is 10.6 Å². The summed E-state index contributed by atoms with van der Waals surface area (Å²) in [5.74, 6) is -0.413. The fraction of sp³-hybridized carbons (Fsp3) is 0.250. The van der Waals surface area contributed by atoms with E-state index in [1.54, 1.807) is 24.3 Å². The van der Waals surface area contributed by atoms with E-state index in [0.717, 1.165) is 30.6 Å². The predicted molar refractivity (Wildman–Crippen MR) is 110 cm³/mol. The van der Waals surface area contributed by atoms with Crippen LogP contribution in [0, 0.1) is 0 Å². The van der Waals surface area contributed by atoms with Gasteiger partial charge in [-0.15, -0.1) is 5.10 Å². The summed E-state index contributed by atoms with van der Waals surface area (Å²) in [5.41, 5.74) is 0.868. The zero-order valence-corrected chi connectivity index (χ0v) is 17.2. The molecule has 29 heavy (non-hydrogen) atoms. The molecule has 0 saturated carbocycles. The first kappa shape index (κ1) is 19.7. The third-order valence-electron chi connectivity index (χ3n) is 4.81. The molecule has 0 bridgehead atoms. The Hall–Kier alpha value is -2.62. The molecule has 0 spiro atoms. The Balaban J connectivity index is 1.58. The summed E-state index contributed by atoms with van der Waals surface area (Å²) in [6.45, 7) is 1.04. The van der Waals surface area contributed by atoms with E-state index in [4.69, 9.17) is 0 Å². The predicted octanol–water partition coefficient (Wildman–Crippen LogP) is 2.70. The highest BCUT2D eigenvalue weighted by molar-refractivity contribution is 7.89. The SMILES string of the molecule is O=C(c1ccc(S(=O)(=O)N2CCCCC2)cc1)c1nn(-c2ccccc2)c(=O)s1. The van der Waals surface area contributed by atoms with Crippen molar-refractivity contribution in [1.82, 2.24) is 14.1 Å². The van der Waals surface area contributed by atoms with Gasteiger partial charge in [-0.25, -0.2) is 8.42 Å². The van der Waals surface area contributed by atoms with E-state index in [0.29, 0.717) is 18.8 Å². The second-order valence-electron chi connectivity index (χ2n) is 6.74. The maximum absolute atomic E-state index is 12.7. The molecule has 150 valence electrons. The number of aromatic nitrogens is 2. The first-order valence-corrected chi connectivity index (χ1v) is 11.5. The number of rotatable bonds is 5. The number of carbonyl (C=O) groups is 1. The molecule has 1 aromatic heterocycles. The van der Waals surface area contributed by atoms with Crippen LogP contribution in [0.4, 0.5) is 0 Å². The Morgan fingerprint density at radius 2 is 1.59 bits per heavy atom. The van der Waals surface area contributed by atoms with Crippen LogP contribution in [0.1, 0.15) is 34.6 Å². The van der Waals surface area contributed by atoms with Crippen LogP contribution in [-0.4, -0.2) is 41.4 Å². The number of nitrogens with zero attached hydrogens (tertiary/aromatic N) is 3. The molecule has 2 heterocycles. The first-order chi connectivity index (χ1) is 14.0. The molecule has 0 aliphatic carbocycles. The van der Waals surface area contributed by atoms with Crippen molar-refractivity contribution in [3.8, 4) is 5.69 Å². The third kappa shape index (κ3) is 3.93. The van der Waals surface area contributed by atoms with E-state index in [1.165, 1.54) is 33.3 Å². The summed E-state index contributed by atoms with van der Waals surface area (Å²) in [6.07, 6.45) is 2.76. The van der Waals surface area contributed by atoms with Crippen molar-refractivity contribution in [1.29, 1.82) is 0 Å². The van der Waals surface area contributed by atoms with Crippen LogP contribution < -0.4 is 4.87 Å². The highest BCUT2D eigenvalue weighted by Gasteiger charge is 2.26. The van der Waals surface area contributed by atoms with Gasteiger partial charge < -0.3 is 0 Å². The summed E-state index contributed by atoms with van der Waals surface area (Å²) in [7, 11) is -3.55. The Morgan fingerprint density at radius 3 is 2.24 bits per heavy atom. The summed E-state index contributed by atoms with van der Waals surface area (Å²) in [4.78, 5) is 24.8. The molecule has 2 aromatic carbocycles.